The number of ether oxygens (including phenoxy) is 1. The Bertz CT molecular complexity index is 333. The van der Waals surface area contributed by atoms with Crippen LogP contribution in [0.1, 0.15) is 12.8 Å². The third-order valence-electron chi connectivity index (χ3n) is 2.46. The minimum absolute atomic E-state index is 0.216. The second kappa shape index (κ2) is 10.9. The topological polar surface area (TPSA) is 117 Å². The van der Waals surface area contributed by atoms with Crippen LogP contribution in [0.15, 0.2) is 24.3 Å². The Morgan fingerprint density at radius 3 is 2.70 bits per heavy atom. The molecule has 1 rings (SSSR count). The van der Waals surface area contributed by atoms with Crippen LogP contribution in [0, 0.1) is 0 Å². The third kappa shape index (κ3) is 8.22. The van der Waals surface area contributed by atoms with E-state index in [0.29, 0.717) is 25.1 Å². The summed E-state index contributed by atoms with van der Waals surface area (Å²) in [6, 6.07) is 0. The maximum atomic E-state index is 11.4. The molecule has 0 saturated heterocycles. The number of carbonyl (C=O) groups is 1. The molecule has 0 atom stereocenters. The fraction of sp³-hybridized carbons (Fsp3) is 0.583. The molecular weight excluding hydrogens is 262 g/mol. The van der Waals surface area contributed by atoms with Crippen molar-refractivity contribution in [2.75, 3.05) is 34.0 Å². The van der Waals surface area contributed by atoms with Crippen LogP contribution >= 0.6 is 0 Å². The maximum Gasteiger partial charge on any atom is 0.307 e. The molecule has 6 N–H and O–H groups in total. The van der Waals surface area contributed by atoms with Crippen LogP contribution in [0.5, 0.6) is 0 Å². The molecule has 0 aromatic rings. The Kier molecular flexibility index (Phi) is 9.89. The van der Waals surface area contributed by atoms with Gasteiger partial charge in [0, 0.05) is 51.4 Å². The lowest BCUT2D eigenvalue weighted by Gasteiger charge is -2.17. The molecule has 1 aliphatic rings. The number of aliphatic hydroxyl groups excluding tert-OH is 1. The van der Waals surface area contributed by atoms with E-state index in [1.165, 1.54) is 6.20 Å². The first-order valence-corrected chi connectivity index (χ1v) is 6.25. The normalized spacial score (nSPS) is 13.9. The SMILES string of the molecule is CN1C=CN(CCC(=O)OCC/C(N)=C/NN)C1.CO. The largest absolute Gasteiger partial charge is 0.465 e. The minimum Gasteiger partial charge on any atom is -0.465 e. The van der Waals surface area contributed by atoms with Crippen molar-refractivity contribution >= 4 is 5.97 Å². The van der Waals surface area contributed by atoms with Gasteiger partial charge in [-0.15, -0.1) is 0 Å². The Morgan fingerprint density at radius 2 is 2.15 bits per heavy atom. The summed E-state index contributed by atoms with van der Waals surface area (Å²) < 4.78 is 5.05. The van der Waals surface area contributed by atoms with Crippen molar-refractivity contribution < 1.29 is 14.6 Å². The molecule has 0 spiro atoms. The van der Waals surface area contributed by atoms with Gasteiger partial charge < -0.3 is 30.8 Å². The summed E-state index contributed by atoms with van der Waals surface area (Å²) in [7, 11) is 2.98. The van der Waals surface area contributed by atoms with Crippen molar-refractivity contribution in [2.24, 2.45) is 11.6 Å². The van der Waals surface area contributed by atoms with Crippen molar-refractivity contribution in [3.63, 3.8) is 0 Å². The van der Waals surface area contributed by atoms with Gasteiger partial charge in [-0.1, -0.05) is 0 Å². The van der Waals surface area contributed by atoms with Gasteiger partial charge >= 0.3 is 5.97 Å². The van der Waals surface area contributed by atoms with Crippen LogP contribution in [-0.2, 0) is 9.53 Å². The first-order chi connectivity index (χ1) is 9.61. The highest BCUT2D eigenvalue weighted by Gasteiger charge is 2.10. The summed E-state index contributed by atoms with van der Waals surface area (Å²) in [4.78, 5) is 15.5. The van der Waals surface area contributed by atoms with E-state index in [1.54, 1.807) is 0 Å². The van der Waals surface area contributed by atoms with Crippen LogP contribution in [0.2, 0.25) is 0 Å². The van der Waals surface area contributed by atoms with Crippen molar-refractivity contribution in [2.45, 2.75) is 12.8 Å². The monoisotopic (exact) mass is 287 g/mol. The van der Waals surface area contributed by atoms with Crippen LogP contribution < -0.4 is 17.0 Å². The molecule has 0 unspecified atom stereocenters. The summed E-state index contributed by atoms with van der Waals surface area (Å²) in [5.41, 5.74) is 8.44. The van der Waals surface area contributed by atoms with E-state index in [9.17, 15) is 4.79 Å². The average molecular weight is 287 g/mol. The lowest BCUT2D eigenvalue weighted by Crippen LogP contribution is -2.25. The highest BCUT2D eigenvalue weighted by atomic mass is 16.5. The summed E-state index contributed by atoms with van der Waals surface area (Å²) in [5, 5.41) is 7.00. The number of hydrazine groups is 1. The molecule has 20 heavy (non-hydrogen) atoms. The number of carbonyl (C=O) groups excluding carboxylic acids is 1. The molecule has 0 bridgehead atoms. The Hall–Kier alpha value is -1.93. The molecule has 0 aromatic heterocycles. The molecule has 0 aliphatic carbocycles. The number of hydrogen-bond acceptors (Lipinski definition) is 8. The molecule has 0 saturated carbocycles. The average Bonchev–Trinajstić information content (AvgIpc) is 2.85. The van der Waals surface area contributed by atoms with Gasteiger partial charge in [-0.25, -0.2) is 0 Å². The summed E-state index contributed by atoms with van der Waals surface area (Å²) in [5.74, 6) is 4.84. The van der Waals surface area contributed by atoms with Gasteiger partial charge in [0.1, 0.15) is 0 Å². The van der Waals surface area contributed by atoms with E-state index in [4.69, 9.17) is 21.4 Å². The first kappa shape index (κ1) is 18.1. The van der Waals surface area contributed by atoms with Crippen LogP contribution in [0.25, 0.3) is 0 Å². The lowest BCUT2D eigenvalue weighted by atomic mass is 10.3. The van der Waals surface area contributed by atoms with E-state index >= 15 is 0 Å². The second-order valence-corrected chi connectivity index (χ2v) is 4.12. The zero-order chi connectivity index (χ0) is 15.4. The van der Waals surface area contributed by atoms with Gasteiger partial charge in [0.15, 0.2) is 0 Å². The number of aliphatic hydroxyl groups is 1. The molecule has 1 aliphatic heterocycles. The van der Waals surface area contributed by atoms with Crippen molar-refractivity contribution in [1.29, 1.82) is 0 Å². The van der Waals surface area contributed by atoms with Gasteiger partial charge in [0.05, 0.1) is 19.7 Å². The quantitative estimate of drug-likeness (QED) is 0.264. The summed E-state index contributed by atoms with van der Waals surface area (Å²) >= 11 is 0. The van der Waals surface area contributed by atoms with Crippen molar-refractivity contribution in [3.05, 3.63) is 24.3 Å². The van der Waals surface area contributed by atoms with E-state index in [2.05, 4.69) is 5.43 Å². The van der Waals surface area contributed by atoms with E-state index in [0.717, 1.165) is 13.8 Å². The molecular formula is C12H25N5O3. The lowest BCUT2D eigenvalue weighted by molar-refractivity contribution is -0.143. The molecule has 116 valence electrons. The van der Waals surface area contributed by atoms with Gasteiger partial charge in [-0.2, -0.15) is 0 Å². The summed E-state index contributed by atoms with van der Waals surface area (Å²) in [6.45, 7) is 1.75. The van der Waals surface area contributed by atoms with E-state index in [-0.39, 0.29) is 12.6 Å². The number of hydrogen-bond donors (Lipinski definition) is 4. The van der Waals surface area contributed by atoms with Crippen molar-refractivity contribution in [3.8, 4) is 0 Å². The Morgan fingerprint density at radius 1 is 1.45 bits per heavy atom. The number of esters is 1. The molecule has 8 heteroatoms. The van der Waals surface area contributed by atoms with Gasteiger partial charge in [0.25, 0.3) is 0 Å². The van der Waals surface area contributed by atoms with E-state index in [1.807, 2.05) is 29.2 Å². The standard InChI is InChI=1S/C11H21N5O2.CH4O/c1-15-5-6-16(9-15)4-2-11(17)18-7-3-10(12)8-14-13;1-2/h5-6,8,14H,2-4,7,9,12-13H2,1H3;2H,1H3/b10-8-;. The predicted molar refractivity (Wildman–Crippen MR) is 76.4 cm³/mol. The first-order valence-electron chi connectivity index (χ1n) is 6.25. The van der Waals surface area contributed by atoms with Gasteiger partial charge in [0.2, 0.25) is 0 Å². The fourth-order valence-electron chi connectivity index (χ4n) is 1.50. The number of nitrogens with one attached hydrogen (secondary N) is 1. The Balaban J connectivity index is 0.00000172. The van der Waals surface area contributed by atoms with Crippen molar-refractivity contribution in [1.82, 2.24) is 15.2 Å². The van der Waals surface area contributed by atoms with Gasteiger partial charge in [-0.05, 0) is 0 Å². The predicted octanol–water partition coefficient (Wildman–Crippen LogP) is -1.14. The summed E-state index contributed by atoms with van der Waals surface area (Å²) in [6.07, 6.45) is 6.25. The zero-order valence-corrected chi connectivity index (χ0v) is 12.1. The number of rotatable bonds is 7. The molecule has 8 nitrogen and oxygen atoms in total. The van der Waals surface area contributed by atoms with Crippen LogP contribution in [0.3, 0.4) is 0 Å². The molecule has 0 amide bonds. The zero-order valence-electron chi connectivity index (χ0n) is 12.1. The number of nitrogens with two attached hydrogens (primary N) is 2. The molecule has 1 heterocycles. The third-order valence-corrected chi connectivity index (χ3v) is 2.46. The maximum absolute atomic E-state index is 11.4. The van der Waals surface area contributed by atoms with Crippen LogP contribution in [-0.4, -0.2) is 54.9 Å². The highest BCUT2D eigenvalue weighted by Crippen LogP contribution is 2.04. The van der Waals surface area contributed by atoms with Crippen LogP contribution in [0.4, 0.5) is 0 Å². The van der Waals surface area contributed by atoms with Gasteiger partial charge in [-0.3, -0.25) is 10.6 Å². The smallest absolute Gasteiger partial charge is 0.307 e. The van der Waals surface area contributed by atoms with E-state index < -0.39 is 0 Å². The highest BCUT2D eigenvalue weighted by molar-refractivity contribution is 5.69. The Labute approximate surface area is 119 Å². The molecule has 0 fully saturated rings. The number of nitrogens with zero attached hydrogens (tertiary/aromatic N) is 2. The minimum atomic E-state index is -0.216. The fourth-order valence-corrected chi connectivity index (χ4v) is 1.50. The second-order valence-electron chi connectivity index (χ2n) is 4.12. The molecule has 0 aromatic carbocycles. The molecule has 0 radical (unpaired) electrons.